The molecule has 1 atom stereocenters. The van der Waals surface area contributed by atoms with Gasteiger partial charge in [0.15, 0.2) is 0 Å². The molecule has 0 spiro atoms. The predicted molar refractivity (Wildman–Crippen MR) is 54.2 cm³/mol. The topological polar surface area (TPSA) is 64.4 Å². The Bertz CT molecular complexity index is 322. The Morgan fingerprint density at radius 2 is 2.47 bits per heavy atom. The van der Waals surface area contributed by atoms with Crippen molar-refractivity contribution in [2.45, 2.75) is 33.4 Å². The van der Waals surface area contributed by atoms with Crippen LogP contribution >= 0.6 is 0 Å². The van der Waals surface area contributed by atoms with Crippen LogP contribution in [0.2, 0.25) is 0 Å². The van der Waals surface area contributed by atoms with Gasteiger partial charge in [0.25, 0.3) is 0 Å². The Balaban J connectivity index is 2.33. The summed E-state index contributed by atoms with van der Waals surface area (Å²) in [7, 11) is 0. The average molecular weight is 212 g/mol. The van der Waals surface area contributed by atoms with Gasteiger partial charge in [0.2, 0.25) is 5.89 Å². The van der Waals surface area contributed by atoms with Crippen molar-refractivity contribution in [3.63, 3.8) is 0 Å². The molecule has 1 heterocycles. The van der Waals surface area contributed by atoms with E-state index >= 15 is 0 Å². The highest BCUT2D eigenvalue weighted by Gasteiger charge is 2.13. The number of esters is 1. The number of carbonyl (C=O) groups is 1. The highest BCUT2D eigenvalue weighted by Crippen LogP contribution is 2.01. The SMILES string of the molecule is CCOC(=O)C(C)NCc1ncc(C)o1. The first-order valence-corrected chi connectivity index (χ1v) is 4.94. The lowest BCUT2D eigenvalue weighted by molar-refractivity contribution is -0.145. The lowest BCUT2D eigenvalue weighted by atomic mass is 10.3. The zero-order valence-corrected chi connectivity index (χ0v) is 9.24. The molecule has 0 aliphatic carbocycles. The molecule has 0 bridgehead atoms. The van der Waals surface area contributed by atoms with Crippen molar-refractivity contribution in [2.75, 3.05) is 6.61 Å². The fraction of sp³-hybridized carbons (Fsp3) is 0.600. The smallest absolute Gasteiger partial charge is 0.322 e. The number of aryl methyl sites for hydroxylation is 1. The van der Waals surface area contributed by atoms with E-state index in [1.54, 1.807) is 20.0 Å². The molecule has 0 saturated heterocycles. The Morgan fingerprint density at radius 3 is 3.00 bits per heavy atom. The molecule has 1 aromatic rings. The van der Waals surface area contributed by atoms with E-state index in [4.69, 9.17) is 9.15 Å². The molecule has 1 unspecified atom stereocenters. The van der Waals surface area contributed by atoms with Crippen LogP contribution in [-0.4, -0.2) is 23.6 Å². The first kappa shape index (κ1) is 11.7. The van der Waals surface area contributed by atoms with E-state index in [0.29, 0.717) is 19.0 Å². The fourth-order valence-electron chi connectivity index (χ4n) is 1.07. The number of aromatic nitrogens is 1. The molecule has 0 radical (unpaired) electrons. The third kappa shape index (κ3) is 3.71. The fourth-order valence-corrected chi connectivity index (χ4v) is 1.07. The molecule has 15 heavy (non-hydrogen) atoms. The highest BCUT2D eigenvalue weighted by molar-refractivity contribution is 5.75. The van der Waals surface area contributed by atoms with E-state index in [0.717, 1.165) is 5.76 Å². The number of rotatable bonds is 5. The van der Waals surface area contributed by atoms with E-state index in [1.165, 1.54) is 0 Å². The highest BCUT2D eigenvalue weighted by atomic mass is 16.5. The molecule has 0 aliphatic rings. The number of nitrogens with one attached hydrogen (secondary N) is 1. The van der Waals surface area contributed by atoms with E-state index in [-0.39, 0.29) is 12.0 Å². The first-order valence-electron chi connectivity index (χ1n) is 4.94. The second kappa shape index (κ2) is 5.50. The van der Waals surface area contributed by atoms with Crippen molar-refractivity contribution in [1.29, 1.82) is 0 Å². The third-order valence-corrected chi connectivity index (χ3v) is 1.87. The first-order chi connectivity index (χ1) is 7.13. The summed E-state index contributed by atoms with van der Waals surface area (Å²) in [5.41, 5.74) is 0. The number of hydrogen-bond acceptors (Lipinski definition) is 5. The van der Waals surface area contributed by atoms with Crippen LogP contribution in [0.3, 0.4) is 0 Å². The van der Waals surface area contributed by atoms with Crippen LogP contribution in [0.15, 0.2) is 10.6 Å². The molecule has 5 heteroatoms. The summed E-state index contributed by atoms with van der Waals surface area (Å²) < 4.78 is 10.1. The van der Waals surface area contributed by atoms with Crippen LogP contribution < -0.4 is 5.32 Å². The maximum absolute atomic E-state index is 11.2. The van der Waals surface area contributed by atoms with Gasteiger partial charge in [-0.2, -0.15) is 0 Å². The molecule has 0 amide bonds. The number of hydrogen-bond donors (Lipinski definition) is 1. The zero-order chi connectivity index (χ0) is 11.3. The number of oxazole rings is 1. The largest absolute Gasteiger partial charge is 0.465 e. The van der Waals surface area contributed by atoms with Crippen molar-refractivity contribution < 1.29 is 13.9 Å². The maximum Gasteiger partial charge on any atom is 0.322 e. The van der Waals surface area contributed by atoms with Crippen LogP contribution in [0.4, 0.5) is 0 Å². The molecule has 1 rings (SSSR count). The average Bonchev–Trinajstić information content (AvgIpc) is 2.61. The molecule has 84 valence electrons. The van der Waals surface area contributed by atoms with Gasteiger partial charge in [0.05, 0.1) is 19.3 Å². The van der Waals surface area contributed by atoms with Crippen molar-refractivity contribution in [2.24, 2.45) is 0 Å². The summed E-state index contributed by atoms with van der Waals surface area (Å²) in [4.78, 5) is 15.2. The summed E-state index contributed by atoms with van der Waals surface area (Å²) in [6.07, 6.45) is 1.64. The van der Waals surface area contributed by atoms with Gasteiger partial charge in [-0.05, 0) is 20.8 Å². The molecular weight excluding hydrogens is 196 g/mol. The number of carbonyl (C=O) groups excluding carboxylic acids is 1. The van der Waals surface area contributed by atoms with E-state index in [9.17, 15) is 4.79 Å². The lowest BCUT2D eigenvalue weighted by Crippen LogP contribution is -2.34. The van der Waals surface area contributed by atoms with Gasteiger partial charge in [-0.25, -0.2) is 4.98 Å². The summed E-state index contributed by atoms with van der Waals surface area (Å²) in [6.45, 7) is 6.16. The van der Waals surface area contributed by atoms with E-state index in [2.05, 4.69) is 10.3 Å². The van der Waals surface area contributed by atoms with Gasteiger partial charge < -0.3 is 9.15 Å². The summed E-state index contributed by atoms with van der Waals surface area (Å²) in [5, 5.41) is 2.97. The van der Waals surface area contributed by atoms with Gasteiger partial charge in [0, 0.05) is 0 Å². The minimum atomic E-state index is -0.350. The van der Waals surface area contributed by atoms with Crippen LogP contribution in [0.25, 0.3) is 0 Å². The third-order valence-electron chi connectivity index (χ3n) is 1.87. The maximum atomic E-state index is 11.2. The van der Waals surface area contributed by atoms with E-state index < -0.39 is 0 Å². The van der Waals surface area contributed by atoms with Crippen molar-refractivity contribution >= 4 is 5.97 Å². The van der Waals surface area contributed by atoms with Crippen LogP contribution in [0.5, 0.6) is 0 Å². The molecule has 0 saturated carbocycles. The summed E-state index contributed by atoms with van der Waals surface area (Å²) in [6, 6.07) is -0.350. The molecule has 0 fully saturated rings. The second-order valence-corrected chi connectivity index (χ2v) is 3.22. The van der Waals surface area contributed by atoms with Crippen molar-refractivity contribution in [3.8, 4) is 0 Å². The zero-order valence-electron chi connectivity index (χ0n) is 9.24. The van der Waals surface area contributed by atoms with Gasteiger partial charge in [0.1, 0.15) is 11.8 Å². The molecular formula is C10H16N2O3. The number of nitrogens with zero attached hydrogens (tertiary/aromatic N) is 1. The standard InChI is InChI=1S/C10H16N2O3/c1-4-14-10(13)8(3)11-6-9-12-5-7(2)15-9/h5,8,11H,4,6H2,1-3H3. The quantitative estimate of drug-likeness (QED) is 0.738. The van der Waals surface area contributed by atoms with Gasteiger partial charge in [-0.3, -0.25) is 10.1 Å². The van der Waals surface area contributed by atoms with Crippen LogP contribution in [0, 0.1) is 6.92 Å². The Labute approximate surface area is 88.8 Å². The molecule has 5 nitrogen and oxygen atoms in total. The number of ether oxygens (including phenoxy) is 1. The molecule has 1 aromatic heterocycles. The molecule has 0 aliphatic heterocycles. The van der Waals surface area contributed by atoms with Gasteiger partial charge in [-0.15, -0.1) is 0 Å². The Morgan fingerprint density at radius 1 is 1.73 bits per heavy atom. The van der Waals surface area contributed by atoms with E-state index in [1.807, 2.05) is 6.92 Å². The predicted octanol–water partition coefficient (Wildman–Crippen LogP) is 1.02. The minimum absolute atomic E-state index is 0.263. The van der Waals surface area contributed by atoms with Gasteiger partial charge in [-0.1, -0.05) is 0 Å². The monoisotopic (exact) mass is 212 g/mol. The minimum Gasteiger partial charge on any atom is -0.465 e. The van der Waals surface area contributed by atoms with Crippen molar-refractivity contribution in [3.05, 3.63) is 17.8 Å². The Kier molecular flexibility index (Phi) is 4.30. The lowest BCUT2D eigenvalue weighted by Gasteiger charge is -2.10. The molecule has 0 aromatic carbocycles. The second-order valence-electron chi connectivity index (χ2n) is 3.22. The summed E-state index contributed by atoms with van der Waals surface area (Å²) in [5.74, 6) is 1.07. The van der Waals surface area contributed by atoms with Gasteiger partial charge >= 0.3 is 5.97 Å². The summed E-state index contributed by atoms with van der Waals surface area (Å²) >= 11 is 0. The normalized spacial score (nSPS) is 12.5. The van der Waals surface area contributed by atoms with Crippen LogP contribution in [-0.2, 0) is 16.1 Å². The Hall–Kier alpha value is -1.36. The molecule has 1 N–H and O–H groups in total. The van der Waals surface area contributed by atoms with Crippen LogP contribution in [0.1, 0.15) is 25.5 Å². The van der Waals surface area contributed by atoms with Crippen molar-refractivity contribution in [1.82, 2.24) is 10.3 Å².